The van der Waals surface area contributed by atoms with E-state index in [0.717, 1.165) is 0 Å². The molecule has 2 aromatic carbocycles. The molecule has 0 unspecified atom stereocenters. The van der Waals surface area contributed by atoms with Crippen molar-refractivity contribution in [1.29, 1.82) is 0 Å². The molecular weight excluding hydrogens is 370 g/mol. The van der Waals surface area contributed by atoms with Crippen LogP contribution in [0.1, 0.15) is 22.8 Å². The van der Waals surface area contributed by atoms with Crippen LogP contribution in [0, 0.1) is 0 Å². The lowest BCUT2D eigenvalue weighted by atomic mass is 10.2. The number of halogens is 1. The van der Waals surface area contributed by atoms with E-state index in [1.807, 2.05) is 6.92 Å². The van der Waals surface area contributed by atoms with Gasteiger partial charge in [0, 0.05) is 16.1 Å². The molecule has 0 aliphatic heterocycles. The molecule has 2 amide bonds. The molecule has 0 aliphatic carbocycles. The van der Waals surface area contributed by atoms with Crippen LogP contribution in [-0.4, -0.2) is 38.3 Å². The van der Waals surface area contributed by atoms with Gasteiger partial charge in [0.15, 0.2) is 0 Å². The Hall–Kier alpha value is -3.06. The van der Waals surface area contributed by atoms with Crippen LogP contribution in [0.2, 0.25) is 5.02 Å². The molecule has 8 heteroatoms. The quantitative estimate of drug-likeness (QED) is 0.536. The van der Waals surface area contributed by atoms with Gasteiger partial charge in [-0.2, -0.15) is 5.10 Å². The van der Waals surface area contributed by atoms with Gasteiger partial charge in [0.2, 0.25) is 0 Å². The predicted octanol–water partition coefficient (Wildman–Crippen LogP) is 2.63. The predicted molar refractivity (Wildman–Crippen MR) is 104 cm³/mol. The highest BCUT2D eigenvalue weighted by molar-refractivity contribution is 6.30. The van der Waals surface area contributed by atoms with Gasteiger partial charge in [-0.1, -0.05) is 17.7 Å². The van der Waals surface area contributed by atoms with Crippen molar-refractivity contribution in [3.63, 3.8) is 0 Å². The van der Waals surface area contributed by atoms with E-state index in [9.17, 15) is 9.59 Å². The Morgan fingerprint density at radius 2 is 2.04 bits per heavy atom. The Bertz CT molecular complexity index is 839. The van der Waals surface area contributed by atoms with Crippen molar-refractivity contribution < 1.29 is 19.1 Å². The third-order valence-electron chi connectivity index (χ3n) is 3.40. The molecule has 0 radical (unpaired) electrons. The van der Waals surface area contributed by atoms with E-state index in [1.165, 1.54) is 19.4 Å². The van der Waals surface area contributed by atoms with E-state index >= 15 is 0 Å². The van der Waals surface area contributed by atoms with Crippen LogP contribution in [0.15, 0.2) is 47.6 Å². The Morgan fingerprint density at radius 3 is 2.74 bits per heavy atom. The summed E-state index contributed by atoms with van der Waals surface area (Å²) in [5.74, 6) is 0.384. The molecule has 0 spiro atoms. The second-order valence-corrected chi connectivity index (χ2v) is 5.76. The number of hydrogen-bond donors (Lipinski definition) is 2. The minimum Gasteiger partial charge on any atom is -0.496 e. The molecule has 0 saturated carbocycles. The first-order chi connectivity index (χ1) is 13.0. The SMILES string of the molecule is CCOc1ccc(OC)c(/C=N/NC(=O)CNC(=O)c2cccc(Cl)c2)c1. The van der Waals surface area contributed by atoms with Gasteiger partial charge in [0.05, 0.1) is 26.5 Å². The lowest BCUT2D eigenvalue weighted by Gasteiger charge is -2.08. The number of carbonyl (C=O) groups is 2. The average molecular weight is 390 g/mol. The Balaban J connectivity index is 1.89. The molecule has 2 aromatic rings. The number of hydrazone groups is 1. The maximum Gasteiger partial charge on any atom is 0.259 e. The van der Waals surface area contributed by atoms with Gasteiger partial charge in [-0.05, 0) is 43.3 Å². The van der Waals surface area contributed by atoms with Crippen molar-refractivity contribution in [2.45, 2.75) is 6.92 Å². The highest BCUT2D eigenvalue weighted by Crippen LogP contribution is 2.22. The molecule has 0 heterocycles. The highest BCUT2D eigenvalue weighted by atomic mass is 35.5. The number of nitrogens with one attached hydrogen (secondary N) is 2. The van der Waals surface area contributed by atoms with Crippen molar-refractivity contribution >= 4 is 29.6 Å². The zero-order valence-electron chi connectivity index (χ0n) is 15.0. The molecule has 7 nitrogen and oxygen atoms in total. The fraction of sp³-hybridized carbons (Fsp3) is 0.211. The lowest BCUT2D eigenvalue weighted by molar-refractivity contribution is -0.120. The number of ether oxygens (including phenoxy) is 2. The normalized spacial score (nSPS) is 10.5. The molecule has 2 rings (SSSR count). The zero-order chi connectivity index (χ0) is 19.6. The first-order valence-electron chi connectivity index (χ1n) is 8.20. The smallest absolute Gasteiger partial charge is 0.259 e. The largest absolute Gasteiger partial charge is 0.496 e. The van der Waals surface area contributed by atoms with Gasteiger partial charge >= 0.3 is 0 Å². The lowest BCUT2D eigenvalue weighted by Crippen LogP contribution is -2.34. The van der Waals surface area contributed by atoms with E-state index < -0.39 is 11.8 Å². The Kier molecular flexibility index (Phi) is 7.63. The second kappa shape index (κ2) is 10.2. The van der Waals surface area contributed by atoms with E-state index in [-0.39, 0.29) is 6.54 Å². The fourth-order valence-electron chi connectivity index (χ4n) is 2.18. The standard InChI is InChI=1S/C19H20ClN3O4/c1-3-27-16-7-8-17(26-2)14(10-16)11-22-23-18(24)12-21-19(25)13-5-4-6-15(20)9-13/h4-11H,3,12H2,1-2H3,(H,21,25)(H,23,24)/b22-11+. The second-order valence-electron chi connectivity index (χ2n) is 5.32. The first-order valence-corrected chi connectivity index (χ1v) is 8.57. The summed E-state index contributed by atoms with van der Waals surface area (Å²) in [4.78, 5) is 23.8. The number of benzene rings is 2. The van der Waals surface area contributed by atoms with Crippen LogP contribution in [-0.2, 0) is 4.79 Å². The number of carbonyl (C=O) groups excluding carboxylic acids is 2. The van der Waals surface area contributed by atoms with Crippen molar-refractivity contribution in [3.8, 4) is 11.5 Å². The number of hydrogen-bond acceptors (Lipinski definition) is 5. The summed E-state index contributed by atoms with van der Waals surface area (Å²) < 4.78 is 10.7. The minimum absolute atomic E-state index is 0.223. The monoisotopic (exact) mass is 389 g/mol. The van der Waals surface area contributed by atoms with Crippen LogP contribution < -0.4 is 20.2 Å². The van der Waals surface area contributed by atoms with Gasteiger partial charge in [0.25, 0.3) is 11.8 Å². The van der Waals surface area contributed by atoms with Crippen molar-refractivity contribution in [2.24, 2.45) is 5.10 Å². The Morgan fingerprint density at radius 1 is 1.22 bits per heavy atom. The fourth-order valence-corrected chi connectivity index (χ4v) is 2.37. The molecule has 27 heavy (non-hydrogen) atoms. The first kappa shape index (κ1) is 20.3. The van der Waals surface area contributed by atoms with E-state index in [2.05, 4.69) is 15.8 Å². The average Bonchev–Trinajstić information content (AvgIpc) is 2.66. The summed E-state index contributed by atoms with van der Waals surface area (Å²) in [5, 5.41) is 6.82. The molecule has 142 valence electrons. The van der Waals surface area contributed by atoms with E-state index in [1.54, 1.807) is 36.4 Å². The molecule has 2 N–H and O–H groups in total. The number of nitrogens with zero attached hydrogens (tertiary/aromatic N) is 1. The summed E-state index contributed by atoms with van der Waals surface area (Å²) in [6.07, 6.45) is 1.44. The number of rotatable bonds is 8. The third kappa shape index (κ3) is 6.31. The summed E-state index contributed by atoms with van der Waals surface area (Å²) >= 11 is 5.84. The summed E-state index contributed by atoms with van der Waals surface area (Å²) in [7, 11) is 1.54. The van der Waals surface area contributed by atoms with E-state index in [0.29, 0.717) is 34.3 Å². The molecule has 0 aromatic heterocycles. The van der Waals surface area contributed by atoms with Gasteiger partial charge in [-0.25, -0.2) is 5.43 Å². The van der Waals surface area contributed by atoms with Crippen LogP contribution in [0.3, 0.4) is 0 Å². The van der Waals surface area contributed by atoms with Crippen LogP contribution >= 0.6 is 11.6 Å². The number of methoxy groups -OCH3 is 1. The van der Waals surface area contributed by atoms with Gasteiger partial charge in [-0.15, -0.1) is 0 Å². The van der Waals surface area contributed by atoms with Gasteiger partial charge in [-0.3, -0.25) is 9.59 Å². The van der Waals surface area contributed by atoms with Gasteiger partial charge < -0.3 is 14.8 Å². The van der Waals surface area contributed by atoms with Crippen LogP contribution in [0.25, 0.3) is 0 Å². The van der Waals surface area contributed by atoms with Crippen LogP contribution in [0.4, 0.5) is 0 Å². The third-order valence-corrected chi connectivity index (χ3v) is 3.64. The summed E-state index contributed by atoms with van der Waals surface area (Å²) in [5.41, 5.74) is 3.36. The molecule has 0 atom stereocenters. The van der Waals surface area contributed by atoms with Crippen molar-refractivity contribution in [2.75, 3.05) is 20.3 Å². The zero-order valence-corrected chi connectivity index (χ0v) is 15.7. The van der Waals surface area contributed by atoms with Crippen LogP contribution in [0.5, 0.6) is 11.5 Å². The molecule has 0 bridgehead atoms. The Labute approximate surface area is 162 Å². The highest BCUT2D eigenvalue weighted by Gasteiger charge is 2.08. The molecule has 0 aliphatic rings. The maximum atomic E-state index is 12.0. The van der Waals surface area contributed by atoms with Crippen molar-refractivity contribution in [1.82, 2.24) is 10.7 Å². The van der Waals surface area contributed by atoms with Gasteiger partial charge in [0.1, 0.15) is 11.5 Å². The summed E-state index contributed by atoms with van der Waals surface area (Å²) in [6, 6.07) is 11.7. The minimum atomic E-state index is -0.471. The molecule has 0 saturated heterocycles. The summed E-state index contributed by atoms with van der Waals surface area (Å²) in [6.45, 7) is 2.20. The van der Waals surface area contributed by atoms with E-state index in [4.69, 9.17) is 21.1 Å². The maximum absolute atomic E-state index is 12.0. The molecular formula is C19H20ClN3O4. The van der Waals surface area contributed by atoms with Crippen molar-refractivity contribution in [3.05, 3.63) is 58.6 Å². The number of amides is 2. The topological polar surface area (TPSA) is 89.0 Å². The molecule has 0 fully saturated rings.